The van der Waals surface area contributed by atoms with Crippen LogP contribution in [-0.4, -0.2) is 52.2 Å². The fraction of sp³-hybridized carbons (Fsp3) is 0.500. The van der Waals surface area contributed by atoms with Crippen LogP contribution in [0.1, 0.15) is 68.8 Å². The van der Waals surface area contributed by atoms with Gasteiger partial charge in [-0.1, -0.05) is 36.4 Å². The van der Waals surface area contributed by atoms with E-state index < -0.39 is 41.8 Å². The summed E-state index contributed by atoms with van der Waals surface area (Å²) < 4.78 is 46.2. The summed E-state index contributed by atoms with van der Waals surface area (Å²) in [7, 11) is 0. The summed E-state index contributed by atoms with van der Waals surface area (Å²) in [5.41, 5.74) is 1.20. The smallest absolute Gasteiger partial charge is 0.411 e. The van der Waals surface area contributed by atoms with Gasteiger partial charge in [0.05, 0.1) is 18.3 Å². The largest absolute Gasteiger partial charge is 0.444 e. The van der Waals surface area contributed by atoms with Gasteiger partial charge in [0.25, 0.3) is 0 Å². The lowest BCUT2D eigenvalue weighted by Crippen LogP contribution is -2.48. The van der Waals surface area contributed by atoms with E-state index in [0.29, 0.717) is 5.69 Å². The standard InChI is InChI=1S/C26H30F3N3O3/c1-25(2,3)35-24(34)32-15-19(27)11-21(32)23(33)31-22(16-7-5-4-6-8-16)20-10-9-17(14-30-20)18-12-26(28,29)13-18/h4-10,14,18-19,21-22H,11-13,15H2,1-3H3,(H,31,33). The molecule has 1 aromatic heterocycles. The zero-order valence-corrected chi connectivity index (χ0v) is 20.0. The number of pyridine rings is 1. The number of likely N-dealkylation sites (tertiary alicyclic amines) is 1. The second-order valence-corrected chi connectivity index (χ2v) is 10.3. The number of ether oxygens (including phenoxy) is 1. The number of benzene rings is 1. The van der Waals surface area contributed by atoms with Crippen molar-refractivity contribution in [2.75, 3.05) is 6.54 Å². The monoisotopic (exact) mass is 489 g/mol. The van der Waals surface area contributed by atoms with Crippen molar-refractivity contribution in [2.24, 2.45) is 0 Å². The molecule has 9 heteroatoms. The van der Waals surface area contributed by atoms with E-state index in [9.17, 15) is 22.8 Å². The maximum atomic E-state index is 14.3. The lowest BCUT2D eigenvalue weighted by atomic mass is 9.77. The third kappa shape index (κ3) is 5.94. The topological polar surface area (TPSA) is 71.5 Å². The second kappa shape index (κ2) is 9.51. The number of rotatable bonds is 5. The Labute approximate surface area is 202 Å². The highest BCUT2D eigenvalue weighted by molar-refractivity contribution is 5.87. The van der Waals surface area contributed by atoms with Gasteiger partial charge in [-0.2, -0.15) is 0 Å². The number of halogens is 3. The molecule has 2 aliphatic rings. The van der Waals surface area contributed by atoms with E-state index >= 15 is 0 Å². The van der Waals surface area contributed by atoms with Gasteiger partial charge in [-0.15, -0.1) is 0 Å². The van der Waals surface area contributed by atoms with Crippen molar-refractivity contribution in [3.8, 4) is 0 Å². The Morgan fingerprint density at radius 1 is 1.14 bits per heavy atom. The van der Waals surface area contributed by atoms with Crippen LogP contribution >= 0.6 is 0 Å². The molecule has 1 aliphatic heterocycles. The van der Waals surface area contributed by atoms with E-state index in [1.807, 2.05) is 30.3 Å². The molecular weight excluding hydrogens is 459 g/mol. The number of hydrogen-bond donors (Lipinski definition) is 1. The van der Waals surface area contributed by atoms with E-state index in [2.05, 4.69) is 10.3 Å². The summed E-state index contributed by atoms with van der Waals surface area (Å²) in [6, 6.07) is 10.9. The fourth-order valence-electron chi connectivity index (χ4n) is 4.49. The lowest BCUT2D eigenvalue weighted by Gasteiger charge is -2.35. The number of aromatic nitrogens is 1. The second-order valence-electron chi connectivity index (χ2n) is 10.3. The van der Waals surface area contributed by atoms with Crippen LogP contribution in [-0.2, 0) is 9.53 Å². The highest BCUT2D eigenvalue weighted by Gasteiger charge is 2.46. The Morgan fingerprint density at radius 3 is 2.40 bits per heavy atom. The van der Waals surface area contributed by atoms with E-state index in [-0.39, 0.29) is 31.7 Å². The first-order chi connectivity index (χ1) is 16.4. The summed E-state index contributed by atoms with van der Waals surface area (Å²) in [5, 5.41) is 2.91. The van der Waals surface area contributed by atoms with Gasteiger partial charge >= 0.3 is 6.09 Å². The highest BCUT2D eigenvalue weighted by atomic mass is 19.3. The minimum Gasteiger partial charge on any atom is -0.444 e. The summed E-state index contributed by atoms with van der Waals surface area (Å²) in [4.78, 5) is 31.5. The minimum absolute atomic E-state index is 0.130. The first-order valence-corrected chi connectivity index (χ1v) is 11.7. The quantitative estimate of drug-likeness (QED) is 0.631. The molecule has 1 aromatic carbocycles. The first-order valence-electron chi connectivity index (χ1n) is 11.7. The number of carbonyl (C=O) groups is 2. The van der Waals surface area contributed by atoms with Crippen LogP contribution in [0.2, 0.25) is 0 Å². The van der Waals surface area contributed by atoms with Crippen molar-refractivity contribution >= 4 is 12.0 Å². The average Bonchev–Trinajstić information content (AvgIpc) is 3.17. The molecule has 2 fully saturated rings. The molecule has 4 rings (SSSR count). The Kier molecular flexibility index (Phi) is 6.79. The van der Waals surface area contributed by atoms with Crippen molar-refractivity contribution in [2.45, 2.75) is 75.7 Å². The van der Waals surface area contributed by atoms with E-state index in [1.54, 1.807) is 39.1 Å². The van der Waals surface area contributed by atoms with E-state index in [4.69, 9.17) is 4.74 Å². The number of amides is 2. The van der Waals surface area contributed by atoms with Crippen LogP contribution in [0.15, 0.2) is 48.7 Å². The minimum atomic E-state index is -2.63. The normalized spacial score (nSPS) is 22.9. The van der Waals surface area contributed by atoms with Crippen molar-refractivity contribution in [1.29, 1.82) is 0 Å². The van der Waals surface area contributed by atoms with Gasteiger partial charge < -0.3 is 10.1 Å². The molecule has 0 spiro atoms. The zero-order valence-electron chi connectivity index (χ0n) is 20.0. The molecule has 35 heavy (non-hydrogen) atoms. The maximum Gasteiger partial charge on any atom is 0.411 e. The summed E-state index contributed by atoms with van der Waals surface area (Å²) in [6.45, 7) is 4.89. The maximum absolute atomic E-state index is 14.3. The number of nitrogens with zero attached hydrogens (tertiary/aromatic N) is 2. The number of carbonyl (C=O) groups excluding carboxylic acids is 2. The summed E-state index contributed by atoms with van der Waals surface area (Å²) >= 11 is 0. The van der Waals surface area contributed by atoms with Crippen molar-refractivity contribution in [3.63, 3.8) is 0 Å². The highest BCUT2D eigenvalue weighted by Crippen LogP contribution is 2.48. The molecule has 2 aromatic rings. The Hall–Kier alpha value is -3.10. The van der Waals surface area contributed by atoms with Gasteiger partial charge in [-0.05, 0) is 43.9 Å². The molecule has 3 unspecified atom stereocenters. The molecule has 1 N–H and O–H groups in total. The third-order valence-corrected chi connectivity index (χ3v) is 6.27. The summed E-state index contributed by atoms with van der Waals surface area (Å²) in [6.07, 6.45) is -1.04. The molecule has 1 aliphatic carbocycles. The van der Waals surface area contributed by atoms with Crippen molar-refractivity contribution < 1.29 is 27.5 Å². The zero-order chi connectivity index (χ0) is 25.4. The molecule has 0 radical (unpaired) electrons. The predicted molar refractivity (Wildman–Crippen MR) is 124 cm³/mol. The molecule has 2 heterocycles. The molecular formula is C26H30F3N3O3. The third-order valence-electron chi connectivity index (χ3n) is 6.27. The van der Waals surface area contributed by atoms with Crippen LogP contribution in [0.3, 0.4) is 0 Å². The number of nitrogens with one attached hydrogen (secondary N) is 1. The SMILES string of the molecule is CC(C)(C)OC(=O)N1CC(F)CC1C(=O)NC(c1ccccc1)c1ccc(C2CC(F)(F)C2)cn1. The Balaban J connectivity index is 1.54. The van der Waals surface area contributed by atoms with E-state index in [1.165, 1.54) is 0 Å². The first kappa shape index (κ1) is 25.0. The molecule has 6 nitrogen and oxygen atoms in total. The van der Waals surface area contributed by atoms with Crippen LogP contribution in [0.25, 0.3) is 0 Å². The molecule has 1 saturated carbocycles. The average molecular weight is 490 g/mol. The van der Waals surface area contributed by atoms with Gasteiger partial charge in [-0.25, -0.2) is 18.0 Å². The lowest BCUT2D eigenvalue weighted by molar-refractivity contribution is -0.126. The number of hydrogen-bond acceptors (Lipinski definition) is 4. The van der Waals surface area contributed by atoms with Crippen LogP contribution < -0.4 is 5.32 Å². The molecule has 3 atom stereocenters. The van der Waals surface area contributed by atoms with Gasteiger partial charge in [0, 0.05) is 25.5 Å². The van der Waals surface area contributed by atoms with Crippen LogP contribution in [0, 0.1) is 0 Å². The van der Waals surface area contributed by atoms with Gasteiger partial charge in [0.15, 0.2) is 0 Å². The molecule has 2 amide bonds. The molecule has 0 bridgehead atoms. The van der Waals surface area contributed by atoms with Crippen LogP contribution in [0.4, 0.5) is 18.0 Å². The Morgan fingerprint density at radius 2 is 1.83 bits per heavy atom. The fourth-order valence-corrected chi connectivity index (χ4v) is 4.49. The van der Waals surface area contributed by atoms with Gasteiger partial charge in [0.2, 0.25) is 11.8 Å². The predicted octanol–water partition coefficient (Wildman–Crippen LogP) is 5.15. The van der Waals surface area contributed by atoms with Crippen molar-refractivity contribution in [1.82, 2.24) is 15.2 Å². The number of alkyl halides is 3. The van der Waals surface area contributed by atoms with Crippen LogP contribution in [0.5, 0.6) is 0 Å². The van der Waals surface area contributed by atoms with E-state index in [0.717, 1.165) is 16.0 Å². The van der Waals surface area contributed by atoms with Crippen molar-refractivity contribution in [3.05, 3.63) is 65.5 Å². The van der Waals surface area contributed by atoms with Gasteiger partial charge in [0.1, 0.15) is 17.8 Å². The molecule has 1 saturated heterocycles. The summed E-state index contributed by atoms with van der Waals surface area (Å²) in [5.74, 6) is -3.38. The van der Waals surface area contributed by atoms with Gasteiger partial charge in [-0.3, -0.25) is 14.7 Å². The Bertz CT molecular complexity index is 1050. The molecule has 188 valence electrons.